The van der Waals surface area contributed by atoms with Crippen molar-refractivity contribution >= 4 is 35.9 Å². The number of ether oxygens (including phenoxy) is 1. The minimum atomic E-state index is -0.104. The molecule has 2 rings (SSSR count). The van der Waals surface area contributed by atoms with Gasteiger partial charge in [-0.25, -0.2) is 0 Å². The first-order valence-corrected chi connectivity index (χ1v) is 7.26. The number of guanidine groups is 1. The molecule has 1 aliphatic carbocycles. The molecule has 0 amide bonds. The Morgan fingerprint density at radius 1 is 1.40 bits per heavy atom. The third kappa shape index (κ3) is 4.49. The van der Waals surface area contributed by atoms with Gasteiger partial charge in [0.1, 0.15) is 0 Å². The molecule has 0 radical (unpaired) electrons. The molecule has 116 valence electrons. The zero-order valence-corrected chi connectivity index (χ0v) is 14.9. The van der Waals surface area contributed by atoms with Crippen LogP contribution in [-0.4, -0.2) is 50.1 Å². The van der Waals surface area contributed by atoms with Crippen LogP contribution in [0.15, 0.2) is 4.99 Å². The van der Waals surface area contributed by atoms with Crippen molar-refractivity contribution in [1.29, 1.82) is 0 Å². The summed E-state index contributed by atoms with van der Waals surface area (Å²) in [5, 5.41) is 3.33. The van der Waals surface area contributed by atoms with Gasteiger partial charge in [0, 0.05) is 26.2 Å². The number of nitrogens with zero attached hydrogens (tertiary/aromatic N) is 2. The summed E-state index contributed by atoms with van der Waals surface area (Å²) in [6.45, 7) is 7.53. The van der Waals surface area contributed by atoms with Gasteiger partial charge in [-0.3, -0.25) is 9.79 Å². The topological polar surface area (TPSA) is 53.9 Å². The predicted molar refractivity (Wildman–Crippen MR) is 90.4 cm³/mol. The molecule has 2 aliphatic rings. The highest BCUT2D eigenvalue weighted by molar-refractivity contribution is 14.0. The molecule has 20 heavy (non-hydrogen) atoms. The minimum Gasteiger partial charge on any atom is -0.469 e. The quantitative estimate of drug-likeness (QED) is 0.341. The molecular formula is C14H26IN3O2. The summed E-state index contributed by atoms with van der Waals surface area (Å²) in [6, 6.07) is 0. The van der Waals surface area contributed by atoms with Crippen molar-refractivity contribution < 1.29 is 9.53 Å². The van der Waals surface area contributed by atoms with E-state index in [1.807, 2.05) is 0 Å². The second-order valence-electron chi connectivity index (χ2n) is 5.65. The molecular weight excluding hydrogens is 369 g/mol. The van der Waals surface area contributed by atoms with Gasteiger partial charge in [0.25, 0.3) is 0 Å². The highest BCUT2D eigenvalue weighted by atomic mass is 127. The van der Waals surface area contributed by atoms with Crippen molar-refractivity contribution in [2.24, 2.45) is 22.7 Å². The Kier molecular flexibility index (Phi) is 7.05. The maximum absolute atomic E-state index is 11.7. The normalized spacial score (nSPS) is 26.1. The molecule has 2 atom stereocenters. The number of hydrogen-bond acceptors (Lipinski definition) is 3. The van der Waals surface area contributed by atoms with Crippen molar-refractivity contribution in [2.45, 2.75) is 26.7 Å². The van der Waals surface area contributed by atoms with Crippen molar-refractivity contribution in [3.8, 4) is 0 Å². The lowest BCUT2D eigenvalue weighted by atomic mass is 9.99. The van der Waals surface area contributed by atoms with Crippen LogP contribution in [0.25, 0.3) is 0 Å². The van der Waals surface area contributed by atoms with Gasteiger partial charge in [0.15, 0.2) is 5.96 Å². The van der Waals surface area contributed by atoms with E-state index in [1.165, 1.54) is 20.0 Å². The summed E-state index contributed by atoms with van der Waals surface area (Å²) in [5.41, 5.74) is 0. The zero-order chi connectivity index (χ0) is 13.8. The van der Waals surface area contributed by atoms with E-state index in [-0.39, 0.29) is 35.9 Å². The Morgan fingerprint density at radius 2 is 2.10 bits per heavy atom. The molecule has 1 heterocycles. The first-order valence-electron chi connectivity index (χ1n) is 7.26. The third-order valence-corrected chi connectivity index (χ3v) is 3.95. The van der Waals surface area contributed by atoms with Crippen LogP contribution in [0.2, 0.25) is 0 Å². The number of halogens is 1. The van der Waals surface area contributed by atoms with Crippen LogP contribution < -0.4 is 5.32 Å². The van der Waals surface area contributed by atoms with Gasteiger partial charge in [-0.05, 0) is 31.6 Å². The zero-order valence-electron chi connectivity index (χ0n) is 12.6. The summed E-state index contributed by atoms with van der Waals surface area (Å²) in [7, 11) is 1.46. The van der Waals surface area contributed by atoms with Gasteiger partial charge in [0.05, 0.1) is 13.0 Å². The van der Waals surface area contributed by atoms with E-state index in [0.717, 1.165) is 31.5 Å². The highest BCUT2D eigenvalue weighted by Gasteiger charge is 2.37. The fraction of sp³-hybridized carbons (Fsp3) is 0.857. The number of hydrogen-bond donors (Lipinski definition) is 1. The molecule has 1 saturated carbocycles. The standard InChI is InChI=1S/C14H25N3O2.HI/c1-4-15-14(16-7-11-5-6-11)17-8-10(2)12(9-17)13(18)19-3;/h10-12H,4-9H2,1-3H3,(H,15,16);1H. The fourth-order valence-electron chi connectivity index (χ4n) is 2.54. The van der Waals surface area contributed by atoms with Crippen molar-refractivity contribution in [2.75, 3.05) is 33.3 Å². The third-order valence-electron chi connectivity index (χ3n) is 3.95. The Hall–Kier alpha value is -0.530. The van der Waals surface area contributed by atoms with E-state index in [2.05, 4.69) is 24.1 Å². The van der Waals surface area contributed by atoms with Crippen molar-refractivity contribution in [3.63, 3.8) is 0 Å². The predicted octanol–water partition coefficient (Wildman–Crippen LogP) is 1.72. The van der Waals surface area contributed by atoms with Crippen LogP contribution in [0, 0.1) is 17.8 Å². The summed E-state index contributed by atoms with van der Waals surface area (Å²) in [5.74, 6) is 1.91. The lowest BCUT2D eigenvalue weighted by Gasteiger charge is -2.21. The maximum Gasteiger partial charge on any atom is 0.310 e. The molecule has 0 bridgehead atoms. The monoisotopic (exact) mass is 395 g/mol. The number of carbonyl (C=O) groups excluding carboxylic acids is 1. The van der Waals surface area contributed by atoms with E-state index < -0.39 is 0 Å². The van der Waals surface area contributed by atoms with Crippen LogP contribution in [-0.2, 0) is 9.53 Å². The first-order chi connectivity index (χ1) is 9.15. The largest absolute Gasteiger partial charge is 0.469 e. The molecule has 0 aromatic rings. The summed E-state index contributed by atoms with van der Waals surface area (Å²) >= 11 is 0. The number of carbonyl (C=O) groups is 1. The van der Waals surface area contributed by atoms with Crippen LogP contribution in [0.5, 0.6) is 0 Å². The minimum absolute atomic E-state index is 0. The summed E-state index contributed by atoms with van der Waals surface area (Å²) in [4.78, 5) is 18.6. The second kappa shape index (κ2) is 8.05. The van der Waals surface area contributed by atoms with Crippen molar-refractivity contribution in [1.82, 2.24) is 10.2 Å². The Labute approximate surface area is 138 Å². The molecule has 1 aliphatic heterocycles. The lowest BCUT2D eigenvalue weighted by molar-refractivity contribution is -0.145. The molecule has 1 saturated heterocycles. The molecule has 0 aromatic carbocycles. The average molecular weight is 395 g/mol. The second-order valence-corrected chi connectivity index (χ2v) is 5.65. The Balaban J connectivity index is 0.00000200. The molecule has 0 aromatic heterocycles. The molecule has 2 fully saturated rings. The molecule has 5 nitrogen and oxygen atoms in total. The van der Waals surface area contributed by atoms with Crippen LogP contribution in [0.3, 0.4) is 0 Å². The van der Waals surface area contributed by atoms with Crippen LogP contribution in [0.4, 0.5) is 0 Å². The van der Waals surface area contributed by atoms with Gasteiger partial charge < -0.3 is 15.0 Å². The van der Waals surface area contributed by atoms with E-state index in [4.69, 9.17) is 9.73 Å². The Morgan fingerprint density at radius 3 is 2.65 bits per heavy atom. The number of nitrogens with one attached hydrogen (secondary N) is 1. The maximum atomic E-state index is 11.7. The first kappa shape index (κ1) is 17.5. The van der Waals surface area contributed by atoms with Crippen molar-refractivity contribution in [3.05, 3.63) is 0 Å². The van der Waals surface area contributed by atoms with Gasteiger partial charge in [-0.2, -0.15) is 0 Å². The smallest absolute Gasteiger partial charge is 0.310 e. The fourth-order valence-corrected chi connectivity index (χ4v) is 2.54. The molecule has 6 heteroatoms. The number of methoxy groups -OCH3 is 1. The highest BCUT2D eigenvalue weighted by Crippen LogP contribution is 2.29. The summed E-state index contributed by atoms with van der Waals surface area (Å²) < 4.78 is 4.87. The van der Waals surface area contributed by atoms with Gasteiger partial charge >= 0.3 is 5.97 Å². The molecule has 1 N–H and O–H groups in total. The SMILES string of the molecule is CCNC(=NCC1CC1)N1CC(C)C(C(=O)OC)C1.I. The lowest BCUT2D eigenvalue weighted by Crippen LogP contribution is -2.40. The number of likely N-dealkylation sites (tertiary alicyclic amines) is 1. The average Bonchev–Trinajstić information content (AvgIpc) is 3.15. The van der Waals surface area contributed by atoms with Gasteiger partial charge in [-0.1, -0.05) is 6.92 Å². The van der Waals surface area contributed by atoms with Gasteiger partial charge in [-0.15, -0.1) is 24.0 Å². The molecule has 2 unspecified atom stereocenters. The number of esters is 1. The van der Waals surface area contributed by atoms with Crippen LogP contribution in [0.1, 0.15) is 26.7 Å². The summed E-state index contributed by atoms with van der Waals surface area (Å²) in [6.07, 6.45) is 2.62. The van der Waals surface area contributed by atoms with E-state index >= 15 is 0 Å². The van der Waals surface area contributed by atoms with Gasteiger partial charge in [0.2, 0.25) is 0 Å². The number of rotatable bonds is 4. The van der Waals surface area contributed by atoms with E-state index in [1.54, 1.807) is 0 Å². The molecule has 0 spiro atoms. The van der Waals surface area contributed by atoms with E-state index in [0.29, 0.717) is 12.5 Å². The van der Waals surface area contributed by atoms with Crippen LogP contribution >= 0.6 is 24.0 Å². The van der Waals surface area contributed by atoms with E-state index in [9.17, 15) is 4.79 Å². The number of aliphatic imine (C=N–C) groups is 1. The Bertz CT molecular complexity index is 358.